The highest BCUT2D eigenvalue weighted by molar-refractivity contribution is 5.38. The zero-order valence-corrected chi connectivity index (χ0v) is 11.3. The second-order valence-electron chi connectivity index (χ2n) is 5.46. The summed E-state index contributed by atoms with van der Waals surface area (Å²) in [4.78, 5) is 0. The van der Waals surface area contributed by atoms with Gasteiger partial charge in [0.2, 0.25) is 0 Å². The first-order valence-corrected chi connectivity index (χ1v) is 6.98. The average molecular weight is 274 g/mol. The maximum absolute atomic E-state index is 13.9. The van der Waals surface area contributed by atoms with E-state index in [-0.39, 0.29) is 17.8 Å². The van der Waals surface area contributed by atoms with Crippen LogP contribution in [0.4, 0.5) is 4.39 Å². The first kappa shape index (κ1) is 13.2. The molecule has 3 atom stereocenters. The molecule has 20 heavy (non-hydrogen) atoms. The van der Waals surface area contributed by atoms with Crippen LogP contribution in [0, 0.1) is 5.92 Å². The van der Waals surface area contributed by atoms with Gasteiger partial charge in [-0.2, -0.15) is 0 Å². The van der Waals surface area contributed by atoms with Crippen molar-refractivity contribution in [1.82, 2.24) is 0 Å². The van der Waals surface area contributed by atoms with Crippen LogP contribution in [0.1, 0.15) is 19.3 Å². The number of allylic oxidation sites excluding steroid dienone is 5. The van der Waals surface area contributed by atoms with Crippen LogP contribution in [0.2, 0.25) is 0 Å². The van der Waals surface area contributed by atoms with Crippen molar-refractivity contribution in [2.24, 2.45) is 17.4 Å². The van der Waals surface area contributed by atoms with Crippen molar-refractivity contribution in [3.8, 4) is 0 Å². The van der Waals surface area contributed by atoms with E-state index in [2.05, 4.69) is 12.2 Å². The fraction of sp³-hybridized carbons (Fsp3) is 0.375. The van der Waals surface area contributed by atoms with E-state index in [0.717, 1.165) is 18.6 Å². The summed E-state index contributed by atoms with van der Waals surface area (Å²) in [7, 11) is 0. The molecule has 0 amide bonds. The quantitative estimate of drug-likeness (QED) is 0.813. The Morgan fingerprint density at radius 3 is 2.95 bits per heavy atom. The van der Waals surface area contributed by atoms with E-state index in [1.165, 1.54) is 11.6 Å². The van der Waals surface area contributed by atoms with Gasteiger partial charge in [0.25, 0.3) is 0 Å². The molecular formula is C16H19FN2O. The van der Waals surface area contributed by atoms with Gasteiger partial charge in [-0.3, -0.25) is 0 Å². The van der Waals surface area contributed by atoms with Gasteiger partial charge in [-0.05, 0) is 30.6 Å². The summed E-state index contributed by atoms with van der Waals surface area (Å²) < 4.78 is 19.8. The lowest BCUT2D eigenvalue weighted by molar-refractivity contribution is 0.104. The third kappa shape index (κ3) is 2.56. The van der Waals surface area contributed by atoms with Crippen molar-refractivity contribution >= 4 is 0 Å². The predicted octanol–water partition coefficient (Wildman–Crippen LogP) is 2.59. The summed E-state index contributed by atoms with van der Waals surface area (Å²) in [6.45, 7) is 0. The van der Waals surface area contributed by atoms with Gasteiger partial charge in [0.15, 0.2) is 6.10 Å². The van der Waals surface area contributed by atoms with Gasteiger partial charge in [-0.1, -0.05) is 24.3 Å². The zero-order chi connectivity index (χ0) is 14.1. The number of hydrogen-bond donors (Lipinski definition) is 2. The van der Waals surface area contributed by atoms with Crippen molar-refractivity contribution in [2.75, 3.05) is 0 Å². The Kier molecular flexibility index (Phi) is 3.49. The van der Waals surface area contributed by atoms with Gasteiger partial charge in [-0.15, -0.1) is 0 Å². The Morgan fingerprint density at radius 2 is 2.15 bits per heavy atom. The molecule has 3 aliphatic rings. The third-order valence-electron chi connectivity index (χ3n) is 3.95. The van der Waals surface area contributed by atoms with Crippen LogP contribution in [0.25, 0.3) is 0 Å². The molecule has 3 nitrogen and oxygen atoms in total. The Balaban J connectivity index is 1.75. The molecule has 0 aromatic rings. The van der Waals surface area contributed by atoms with Crippen molar-refractivity contribution in [3.05, 3.63) is 59.3 Å². The molecule has 106 valence electrons. The molecule has 3 unspecified atom stereocenters. The van der Waals surface area contributed by atoms with Crippen LogP contribution in [0.5, 0.6) is 0 Å². The van der Waals surface area contributed by atoms with E-state index in [0.29, 0.717) is 12.1 Å². The Morgan fingerprint density at radius 1 is 1.30 bits per heavy atom. The lowest BCUT2D eigenvalue weighted by Gasteiger charge is -2.32. The molecule has 0 bridgehead atoms. The molecule has 0 aliphatic heterocycles. The fourth-order valence-electron chi connectivity index (χ4n) is 2.88. The van der Waals surface area contributed by atoms with Crippen LogP contribution in [-0.4, -0.2) is 12.1 Å². The highest BCUT2D eigenvalue weighted by atomic mass is 19.1. The maximum atomic E-state index is 13.9. The average Bonchev–Trinajstić information content (AvgIpc) is 2.41. The topological polar surface area (TPSA) is 61.3 Å². The van der Waals surface area contributed by atoms with Crippen LogP contribution < -0.4 is 11.5 Å². The predicted molar refractivity (Wildman–Crippen MR) is 77.0 cm³/mol. The Bertz CT molecular complexity index is 557. The van der Waals surface area contributed by atoms with Crippen molar-refractivity contribution in [3.63, 3.8) is 0 Å². The van der Waals surface area contributed by atoms with E-state index >= 15 is 0 Å². The number of nitrogens with two attached hydrogens (primary N) is 2. The molecule has 3 rings (SSSR count). The molecule has 0 spiro atoms. The first-order valence-electron chi connectivity index (χ1n) is 6.98. The third-order valence-corrected chi connectivity index (χ3v) is 3.95. The summed E-state index contributed by atoms with van der Waals surface area (Å²) in [5.41, 5.74) is 13.2. The van der Waals surface area contributed by atoms with Crippen LogP contribution in [-0.2, 0) is 4.74 Å². The molecule has 3 aliphatic carbocycles. The summed E-state index contributed by atoms with van der Waals surface area (Å²) in [5, 5.41) is 0. The number of ether oxygens (including phenoxy) is 1. The second kappa shape index (κ2) is 5.29. The SMILES string of the molecule is NC1=CCC(OC2=CC=CC3=CC(N)CCC32)C(F)=C1. The van der Waals surface area contributed by atoms with Crippen LogP contribution in [0.15, 0.2) is 59.3 Å². The number of halogens is 1. The summed E-state index contributed by atoms with van der Waals surface area (Å²) >= 11 is 0. The molecule has 4 N–H and O–H groups in total. The highest BCUT2D eigenvalue weighted by Crippen LogP contribution is 2.36. The zero-order valence-electron chi connectivity index (χ0n) is 11.3. The van der Waals surface area contributed by atoms with Gasteiger partial charge in [-0.25, -0.2) is 4.39 Å². The lowest BCUT2D eigenvalue weighted by Crippen LogP contribution is -2.28. The fourth-order valence-corrected chi connectivity index (χ4v) is 2.88. The standard InChI is InChI=1S/C16H19FN2O/c17-14-9-12(19)5-7-16(14)20-15-3-1-2-10-8-11(18)4-6-13(10)15/h1-3,5,8-9,11,13,16H,4,6-7,18-19H2. The molecule has 0 heterocycles. The maximum Gasteiger partial charge on any atom is 0.153 e. The number of fused-ring (bicyclic) bond motifs is 1. The van der Waals surface area contributed by atoms with Crippen molar-refractivity contribution in [2.45, 2.75) is 31.4 Å². The van der Waals surface area contributed by atoms with E-state index in [1.807, 2.05) is 12.2 Å². The van der Waals surface area contributed by atoms with E-state index in [4.69, 9.17) is 16.2 Å². The Labute approximate surface area is 118 Å². The van der Waals surface area contributed by atoms with Gasteiger partial charge in [0, 0.05) is 24.1 Å². The van der Waals surface area contributed by atoms with E-state index < -0.39 is 6.10 Å². The molecule has 4 heteroatoms. The summed E-state index contributed by atoms with van der Waals surface area (Å²) in [6, 6.07) is 0.110. The number of hydrogen-bond acceptors (Lipinski definition) is 3. The highest BCUT2D eigenvalue weighted by Gasteiger charge is 2.29. The van der Waals surface area contributed by atoms with Crippen molar-refractivity contribution < 1.29 is 9.13 Å². The van der Waals surface area contributed by atoms with Gasteiger partial charge >= 0.3 is 0 Å². The normalized spacial score (nSPS) is 32.6. The Hall–Kier alpha value is -1.81. The van der Waals surface area contributed by atoms with Crippen molar-refractivity contribution in [1.29, 1.82) is 0 Å². The summed E-state index contributed by atoms with van der Waals surface area (Å²) in [6.07, 6.45) is 12.9. The first-order chi connectivity index (χ1) is 9.63. The van der Waals surface area contributed by atoms with Gasteiger partial charge < -0.3 is 16.2 Å². The molecular weight excluding hydrogens is 255 g/mol. The van der Waals surface area contributed by atoms with Gasteiger partial charge in [0.05, 0.1) is 0 Å². The minimum absolute atomic E-state index is 0.110. The minimum atomic E-state index is -0.558. The monoisotopic (exact) mass is 274 g/mol. The molecule has 0 aromatic carbocycles. The van der Waals surface area contributed by atoms with E-state index in [9.17, 15) is 4.39 Å². The minimum Gasteiger partial charge on any atom is -0.487 e. The van der Waals surface area contributed by atoms with Gasteiger partial charge in [0.1, 0.15) is 11.6 Å². The van der Waals surface area contributed by atoms with Crippen LogP contribution in [0.3, 0.4) is 0 Å². The second-order valence-corrected chi connectivity index (χ2v) is 5.46. The van der Waals surface area contributed by atoms with Crippen LogP contribution >= 0.6 is 0 Å². The largest absolute Gasteiger partial charge is 0.487 e. The molecule has 0 radical (unpaired) electrons. The smallest absolute Gasteiger partial charge is 0.153 e. The molecule has 0 saturated heterocycles. The summed E-state index contributed by atoms with van der Waals surface area (Å²) in [5.74, 6) is 0.724. The molecule has 0 fully saturated rings. The molecule has 0 saturated carbocycles. The number of rotatable bonds is 2. The lowest BCUT2D eigenvalue weighted by atomic mass is 9.82. The van der Waals surface area contributed by atoms with E-state index in [1.54, 1.807) is 6.08 Å². The molecule has 0 aromatic heterocycles.